The summed E-state index contributed by atoms with van der Waals surface area (Å²) in [6.45, 7) is 3.58. The van der Waals surface area contributed by atoms with Gasteiger partial charge < -0.3 is 10.1 Å². The number of hydrogen-bond acceptors (Lipinski definition) is 4. The number of hydrogen-bond donors (Lipinski definition) is 1. The first kappa shape index (κ1) is 20.3. The topological polar surface area (TPSA) is 85.9 Å². The number of nitrogens with zero attached hydrogens (tertiary/aromatic N) is 2. The molecule has 0 saturated carbocycles. The summed E-state index contributed by atoms with van der Waals surface area (Å²) in [7, 11) is 0. The summed E-state index contributed by atoms with van der Waals surface area (Å²) in [6.07, 6.45) is 1.38. The van der Waals surface area contributed by atoms with Crippen LogP contribution in [0.4, 0.5) is 5.69 Å². The zero-order valence-corrected chi connectivity index (χ0v) is 16.1. The summed E-state index contributed by atoms with van der Waals surface area (Å²) in [5.41, 5.74) is 2.87. The largest absolute Gasteiger partial charge is 0.476 e. The molecule has 0 saturated heterocycles. The van der Waals surface area contributed by atoms with Crippen LogP contribution in [0, 0.1) is 36.5 Å². The maximum atomic E-state index is 12.5. The van der Waals surface area contributed by atoms with Crippen LogP contribution in [0.25, 0.3) is 6.08 Å². The second kappa shape index (κ2) is 9.09. The van der Waals surface area contributed by atoms with Crippen molar-refractivity contribution in [2.24, 2.45) is 0 Å². The molecule has 0 aliphatic rings. The molecule has 0 aliphatic carbocycles. The molecule has 0 atom stereocenters. The average molecular weight is 400 g/mol. The van der Waals surface area contributed by atoms with E-state index in [-0.39, 0.29) is 28.0 Å². The van der Waals surface area contributed by atoms with Crippen molar-refractivity contribution in [3.8, 4) is 17.9 Å². The van der Waals surface area contributed by atoms with Crippen LogP contribution in [-0.2, 0) is 4.79 Å². The number of ether oxygens (including phenoxy) is 1. The third-order valence-corrected chi connectivity index (χ3v) is 4.18. The van der Waals surface area contributed by atoms with Crippen LogP contribution in [-0.4, -0.2) is 12.5 Å². The molecule has 2 rings (SSSR count). The molecule has 0 unspecified atom stereocenters. The molecule has 0 radical (unpaired) electrons. The van der Waals surface area contributed by atoms with Gasteiger partial charge in [0.05, 0.1) is 10.0 Å². The Balaban J connectivity index is 2.30. The van der Waals surface area contributed by atoms with E-state index in [2.05, 4.69) is 5.32 Å². The Hall–Kier alpha value is -2.99. The molecule has 2 aromatic rings. The van der Waals surface area contributed by atoms with E-state index in [1.165, 1.54) is 18.2 Å². The first-order chi connectivity index (χ1) is 12.8. The lowest BCUT2D eigenvalue weighted by molar-refractivity contribution is -0.112. The Morgan fingerprint density at radius 1 is 1.19 bits per heavy atom. The summed E-state index contributed by atoms with van der Waals surface area (Å²) in [5, 5.41) is 21.0. The summed E-state index contributed by atoms with van der Waals surface area (Å²) >= 11 is 12.2. The second-order valence-corrected chi connectivity index (χ2v) is 6.52. The monoisotopic (exact) mass is 399 g/mol. The highest BCUT2D eigenvalue weighted by atomic mass is 35.5. The number of carbonyl (C=O) groups excluding carboxylic acids is 1. The molecule has 0 aliphatic heterocycles. The standard InChI is InChI=1S/C20H15Cl2N3O2/c1-12-3-4-13(2)18(7-12)25-20(26)15(11-24)8-14-9-16(21)19(17(22)10-14)27-6-5-23/h3-4,7-10H,6H2,1-2H3,(H,25,26)/b15-8+. The van der Waals surface area contributed by atoms with Crippen LogP contribution in [0.2, 0.25) is 10.0 Å². The Labute approximate surface area is 167 Å². The van der Waals surface area contributed by atoms with Crippen LogP contribution >= 0.6 is 23.2 Å². The number of nitrogens with one attached hydrogen (secondary N) is 1. The van der Waals surface area contributed by atoms with Gasteiger partial charge in [-0.3, -0.25) is 4.79 Å². The van der Waals surface area contributed by atoms with Gasteiger partial charge >= 0.3 is 0 Å². The van der Waals surface area contributed by atoms with Gasteiger partial charge in [0.25, 0.3) is 5.91 Å². The van der Waals surface area contributed by atoms with Crippen molar-refractivity contribution in [3.63, 3.8) is 0 Å². The molecular weight excluding hydrogens is 385 g/mol. The molecule has 0 heterocycles. The molecule has 2 aromatic carbocycles. The van der Waals surface area contributed by atoms with E-state index in [9.17, 15) is 10.1 Å². The van der Waals surface area contributed by atoms with E-state index in [0.29, 0.717) is 11.3 Å². The number of rotatable bonds is 5. The van der Waals surface area contributed by atoms with Gasteiger partial charge in [-0.25, -0.2) is 0 Å². The number of carbonyl (C=O) groups is 1. The zero-order valence-electron chi connectivity index (χ0n) is 14.6. The van der Waals surface area contributed by atoms with E-state index in [1.807, 2.05) is 44.2 Å². The summed E-state index contributed by atoms with van der Waals surface area (Å²) in [6, 6.07) is 12.4. The van der Waals surface area contributed by atoms with Crippen molar-refractivity contribution in [2.75, 3.05) is 11.9 Å². The minimum Gasteiger partial charge on any atom is -0.476 e. The van der Waals surface area contributed by atoms with Crippen LogP contribution < -0.4 is 10.1 Å². The number of halogens is 2. The normalized spacial score (nSPS) is 10.7. The molecule has 136 valence electrons. The van der Waals surface area contributed by atoms with E-state index in [0.717, 1.165) is 11.1 Å². The molecule has 0 fully saturated rings. The van der Waals surface area contributed by atoms with Gasteiger partial charge in [-0.1, -0.05) is 35.3 Å². The van der Waals surface area contributed by atoms with Gasteiger partial charge in [-0.2, -0.15) is 10.5 Å². The molecule has 5 nitrogen and oxygen atoms in total. The lowest BCUT2D eigenvalue weighted by atomic mass is 10.1. The highest BCUT2D eigenvalue weighted by Crippen LogP contribution is 2.34. The number of anilines is 1. The predicted octanol–water partition coefficient (Wildman–Crippen LogP) is 5.06. The maximum Gasteiger partial charge on any atom is 0.266 e. The van der Waals surface area contributed by atoms with E-state index >= 15 is 0 Å². The number of amides is 1. The van der Waals surface area contributed by atoms with Crippen molar-refractivity contribution >= 4 is 40.9 Å². The SMILES string of the molecule is Cc1ccc(C)c(NC(=O)/C(C#N)=C/c2cc(Cl)c(OCC#N)c(Cl)c2)c1. The van der Waals surface area contributed by atoms with Gasteiger partial charge in [0.1, 0.15) is 17.7 Å². The molecule has 0 bridgehead atoms. The summed E-state index contributed by atoms with van der Waals surface area (Å²) in [4.78, 5) is 12.5. The number of benzene rings is 2. The third kappa shape index (κ3) is 5.24. The smallest absolute Gasteiger partial charge is 0.266 e. The van der Waals surface area contributed by atoms with E-state index in [1.54, 1.807) is 0 Å². The van der Waals surface area contributed by atoms with Crippen molar-refractivity contribution in [1.82, 2.24) is 0 Å². The van der Waals surface area contributed by atoms with Gasteiger partial charge in [0.15, 0.2) is 12.4 Å². The predicted molar refractivity (Wildman–Crippen MR) is 106 cm³/mol. The molecule has 7 heteroatoms. The Morgan fingerprint density at radius 3 is 2.44 bits per heavy atom. The zero-order chi connectivity index (χ0) is 20.0. The molecule has 0 spiro atoms. The fourth-order valence-corrected chi connectivity index (χ4v) is 2.89. The molecule has 1 amide bonds. The van der Waals surface area contributed by atoms with E-state index < -0.39 is 5.91 Å². The van der Waals surface area contributed by atoms with Crippen molar-refractivity contribution in [1.29, 1.82) is 10.5 Å². The van der Waals surface area contributed by atoms with Gasteiger partial charge in [-0.15, -0.1) is 0 Å². The van der Waals surface area contributed by atoms with Crippen LogP contribution in [0.1, 0.15) is 16.7 Å². The Morgan fingerprint density at radius 2 is 1.85 bits per heavy atom. The molecule has 27 heavy (non-hydrogen) atoms. The summed E-state index contributed by atoms with van der Waals surface area (Å²) < 4.78 is 5.16. The highest BCUT2D eigenvalue weighted by molar-refractivity contribution is 6.37. The second-order valence-electron chi connectivity index (χ2n) is 5.70. The molecule has 1 N–H and O–H groups in total. The van der Waals surface area contributed by atoms with Gasteiger partial charge in [-0.05, 0) is 54.8 Å². The average Bonchev–Trinajstić information content (AvgIpc) is 2.62. The van der Waals surface area contributed by atoms with Crippen molar-refractivity contribution < 1.29 is 9.53 Å². The lowest BCUT2D eigenvalue weighted by Crippen LogP contribution is -2.14. The van der Waals surface area contributed by atoms with Crippen molar-refractivity contribution in [2.45, 2.75) is 13.8 Å². The first-order valence-corrected chi connectivity index (χ1v) is 8.60. The Bertz CT molecular complexity index is 978. The fraction of sp³-hybridized carbons (Fsp3) is 0.150. The molecule has 0 aromatic heterocycles. The minimum absolute atomic E-state index is 0.103. The van der Waals surface area contributed by atoms with Gasteiger partial charge in [0, 0.05) is 5.69 Å². The summed E-state index contributed by atoms with van der Waals surface area (Å²) in [5.74, 6) is -0.362. The van der Waals surface area contributed by atoms with Crippen molar-refractivity contribution in [3.05, 3.63) is 62.6 Å². The van der Waals surface area contributed by atoms with Crippen LogP contribution in [0.15, 0.2) is 35.9 Å². The highest BCUT2D eigenvalue weighted by Gasteiger charge is 2.13. The van der Waals surface area contributed by atoms with Crippen LogP contribution in [0.5, 0.6) is 5.75 Å². The first-order valence-electron chi connectivity index (χ1n) is 7.85. The lowest BCUT2D eigenvalue weighted by Gasteiger charge is -2.10. The quantitative estimate of drug-likeness (QED) is 0.562. The molecular formula is C20H15Cl2N3O2. The third-order valence-electron chi connectivity index (χ3n) is 3.62. The fourth-order valence-electron chi connectivity index (χ4n) is 2.28. The minimum atomic E-state index is -0.539. The number of nitriles is 2. The van der Waals surface area contributed by atoms with Crippen LogP contribution in [0.3, 0.4) is 0 Å². The number of aryl methyl sites for hydroxylation is 2. The van der Waals surface area contributed by atoms with E-state index in [4.69, 9.17) is 33.2 Å². The maximum absolute atomic E-state index is 12.5. The van der Waals surface area contributed by atoms with Gasteiger partial charge in [0.2, 0.25) is 0 Å². The Kier molecular flexibility index (Phi) is 6.85.